The summed E-state index contributed by atoms with van der Waals surface area (Å²) in [4.78, 5) is 21.7. The van der Waals surface area contributed by atoms with Crippen molar-refractivity contribution < 1.29 is 14.4 Å². The van der Waals surface area contributed by atoms with Gasteiger partial charge in [0.1, 0.15) is 13.2 Å². The predicted octanol–water partition coefficient (Wildman–Crippen LogP) is 5.38. The average Bonchev–Trinajstić information content (AvgIpc) is 3.29. The number of unbranched alkanes of at least 4 members (excludes halogenated alkanes) is 8. The third kappa shape index (κ3) is 9.12. The number of nitrogens with two attached hydrogens (primary N) is 1. The molecule has 1 amide bonds. The predicted molar refractivity (Wildman–Crippen MR) is 138 cm³/mol. The number of fused-ring (bicyclic) bond motifs is 1. The Morgan fingerprint density at radius 3 is 2.47 bits per heavy atom. The third-order valence-corrected chi connectivity index (χ3v) is 6.58. The number of benzene rings is 1. The lowest BCUT2D eigenvalue weighted by atomic mass is 9.98. The van der Waals surface area contributed by atoms with E-state index in [9.17, 15) is 4.79 Å². The van der Waals surface area contributed by atoms with Crippen LogP contribution >= 0.6 is 0 Å². The maximum Gasteiger partial charge on any atom is 0.407 e. The summed E-state index contributed by atoms with van der Waals surface area (Å²) in [6.07, 6.45) is 16.6. The Hall–Kier alpha value is -2.35. The van der Waals surface area contributed by atoms with Crippen LogP contribution in [0.2, 0.25) is 0 Å². The molecule has 0 bridgehead atoms. The zero-order valence-electron chi connectivity index (χ0n) is 20.5. The van der Waals surface area contributed by atoms with E-state index in [-0.39, 0.29) is 13.2 Å². The molecule has 3 rings (SSSR count). The van der Waals surface area contributed by atoms with E-state index >= 15 is 0 Å². The van der Waals surface area contributed by atoms with Crippen molar-refractivity contribution in [2.45, 2.75) is 64.2 Å². The van der Waals surface area contributed by atoms with E-state index in [2.05, 4.69) is 56.6 Å². The standard InChI is InChI=1S/C27H42N4O3/c28-34-21-20-33-27(32)29-16-10-6-4-2-1-3-5-7-11-17-31-18-14-23(15-19-31)25-22-30-26-13-9-8-12-24(25)26/h8-9,12-14,22,30H,1-7,10-11,15-21,28H2,(H,29,32). The molecule has 0 fully saturated rings. The highest BCUT2D eigenvalue weighted by Gasteiger charge is 2.15. The first kappa shape index (κ1) is 26.3. The van der Waals surface area contributed by atoms with Crippen molar-refractivity contribution in [3.8, 4) is 0 Å². The monoisotopic (exact) mass is 470 g/mol. The molecule has 0 spiro atoms. The van der Waals surface area contributed by atoms with E-state index < -0.39 is 6.09 Å². The number of H-pyrrole nitrogens is 1. The first-order valence-corrected chi connectivity index (χ1v) is 13.0. The minimum Gasteiger partial charge on any atom is -0.447 e. The number of hydrogen-bond donors (Lipinski definition) is 3. The van der Waals surface area contributed by atoms with Crippen LogP contribution < -0.4 is 11.2 Å². The molecule has 7 heteroatoms. The molecule has 34 heavy (non-hydrogen) atoms. The van der Waals surface area contributed by atoms with Gasteiger partial charge in [0.2, 0.25) is 0 Å². The number of aromatic nitrogens is 1. The molecule has 4 N–H and O–H groups in total. The highest BCUT2D eigenvalue weighted by Crippen LogP contribution is 2.29. The molecular formula is C27H42N4O3. The van der Waals surface area contributed by atoms with Crippen molar-refractivity contribution in [3.63, 3.8) is 0 Å². The number of amides is 1. The molecule has 2 aromatic rings. The topological polar surface area (TPSA) is 92.6 Å². The number of carbonyl (C=O) groups excluding carboxylic acids is 1. The lowest BCUT2D eigenvalue weighted by Crippen LogP contribution is -2.29. The van der Waals surface area contributed by atoms with Gasteiger partial charge >= 0.3 is 6.09 Å². The number of hydrogen-bond acceptors (Lipinski definition) is 5. The highest BCUT2D eigenvalue weighted by molar-refractivity contribution is 5.92. The van der Waals surface area contributed by atoms with Crippen LogP contribution in [0.4, 0.5) is 4.79 Å². The summed E-state index contributed by atoms with van der Waals surface area (Å²) >= 11 is 0. The summed E-state index contributed by atoms with van der Waals surface area (Å²) in [5.74, 6) is 4.87. The van der Waals surface area contributed by atoms with E-state index in [1.807, 2.05) is 0 Å². The van der Waals surface area contributed by atoms with Gasteiger partial charge in [-0.15, -0.1) is 0 Å². The molecule has 0 unspecified atom stereocenters. The fourth-order valence-corrected chi connectivity index (χ4v) is 4.62. The Morgan fingerprint density at radius 2 is 1.74 bits per heavy atom. The summed E-state index contributed by atoms with van der Waals surface area (Å²) in [6.45, 7) is 4.52. The number of nitrogens with zero attached hydrogens (tertiary/aromatic N) is 1. The van der Waals surface area contributed by atoms with E-state index in [1.165, 1.54) is 80.1 Å². The number of rotatable bonds is 16. The highest BCUT2D eigenvalue weighted by atomic mass is 16.6. The summed E-state index contributed by atoms with van der Waals surface area (Å²) < 4.78 is 4.88. The second-order valence-corrected chi connectivity index (χ2v) is 9.14. The van der Waals surface area contributed by atoms with Crippen LogP contribution in [0.3, 0.4) is 0 Å². The molecule has 1 aromatic heterocycles. The molecule has 2 heterocycles. The fourth-order valence-electron chi connectivity index (χ4n) is 4.62. The molecule has 0 radical (unpaired) electrons. The molecule has 0 aliphatic carbocycles. The molecule has 1 aromatic carbocycles. The van der Waals surface area contributed by atoms with Crippen molar-refractivity contribution in [2.75, 3.05) is 39.4 Å². The van der Waals surface area contributed by atoms with Crippen molar-refractivity contribution in [3.05, 3.63) is 42.1 Å². The Morgan fingerprint density at radius 1 is 1.00 bits per heavy atom. The second kappa shape index (κ2) is 15.5. The van der Waals surface area contributed by atoms with Gasteiger partial charge in [0.05, 0.1) is 0 Å². The largest absolute Gasteiger partial charge is 0.447 e. The summed E-state index contributed by atoms with van der Waals surface area (Å²) in [6, 6.07) is 8.57. The first-order valence-electron chi connectivity index (χ1n) is 13.0. The van der Waals surface area contributed by atoms with Crippen LogP contribution in [0.5, 0.6) is 0 Å². The van der Waals surface area contributed by atoms with E-state index in [0.29, 0.717) is 6.54 Å². The lowest BCUT2D eigenvalue weighted by Gasteiger charge is -2.26. The van der Waals surface area contributed by atoms with E-state index in [0.717, 1.165) is 25.8 Å². The molecule has 188 valence electrons. The van der Waals surface area contributed by atoms with E-state index in [1.54, 1.807) is 0 Å². The summed E-state index contributed by atoms with van der Waals surface area (Å²) in [5.41, 5.74) is 4.09. The number of carbonyl (C=O) groups is 1. The Kier molecular flexibility index (Phi) is 12.0. The van der Waals surface area contributed by atoms with Crippen LogP contribution in [0.15, 0.2) is 36.5 Å². The van der Waals surface area contributed by atoms with Gasteiger partial charge in [-0.2, -0.15) is 0 Å². The number of para-hydroxylation sites is 1. The smallest absolute Gasteiger partial charge is 0.407 e. The summed E-state index contributed by atoms with van der Waals surface area (Å²) in [5, 5.41) is 4.08. The fraction of sp³-hybridized carbons (Fsp3) is 0.593. The first-order chi connectivity index (χ1) is 16.8. The Bertz CT molecular complexity index is 880. The normalized spacial score (nSPS) is 14.3. The van der Waals surface area contributed by atoms with Crippen molar-refractivity contribution in [1.29, 1.82) is 0 Å². The number of alkyl carbamates (subject to hydrolysis) is 1. The van der Waals surface area contributed by atoms with Gasteiger partial charge in [0.25, 0.3) is 0 Å². The van der Waals surface area contributed by atoms with Gasteiger partial charge in [0, 0.05) is 42.3 Å². The number of aromatic amines is 1. The van der Waals surface area contributed by atoms with Gasteiger partial charge in [-0.3, -0.25) is 4.90 Å². The van der Waals surface area contributed by atoms with Crippen LogP contribution in [0.25, 0.3) is 16.5 Å². The molecule has 0 saturated carbocycles. The number of nitrogens with one attached hydrogen (secondary N) is 2. The van der Waals surface area contributed by atoms with Gasteiger partial charge < -0.3 is 19.9 Å². The van der Waals surface area contributed by atoms with Crippen LogP contribution in [-0.2, 0) is 9.57 Å². The van der Waals surface area contributed by atoms with Crippen molar-refractivity contribution >= 4 is 22.6 Å². The molecule has 1 aliphatic heterocycles. The van der Waals surface area contributed by atoms with Gasteiger partial charge in [0.15, 0.2) is 0 Å². The minimum atomic E-state index is -0.396. The van der Waals surface area contributed by atoms with Crippen molar-refractivity contribution in [1.82, 2.24) is 15.2 Å². The number of ether oxygens (including phenoxy) is 1. The van der Waals surface area contributed by atoms with Crippen LogP contribution in [0.1, 0.15) is 69.8 Å². The van der Waals surface area contributed by atoms with Crippen LogP contribution in [-0.4, -0.2) is 55.4 Å². The quantitative estimate of drug-likeness (QED) is 0.226. The lowest BCUT2D eigenvalue weighted by molar-refractivity contribution is 0.0734. The second-order valence-electron chi connectivity index (χ2n) is 9.14. The molecular weight excluding hydrogens is 428 g/mol. The van der Waals surface area contributed by atoms with E-state index in [4.69, 9.17) is 10.6 Å². The maximum atomic E-state index is 11.3. The summed E-state index contributed by atoms with van der Waals surface area (Å²) in [7, 11) is 0. The molecule has 0 atom stereocenters. The average molecular weight is 471 g/mol. The Balaban J connectivity index is 1.13. The minimum absolute atomic E-state index is 0.185. The zero-order chi connectivity index (χ0) is 23.8. The van der Waals surface area contributed by atoms with Crippen LogP contribution in [0, 0.1) is 0 Å². The van der Waals surface area contributed by atoms with Gasteiger partial charge in [-0.25, -0.2) is 10.7 Å². The zero-order valence-corrected chi connectivity index (χ0v) is 20.5. The molecule has 1 aliphatic rings. The van der Waals surface area contributed by atoms with Crippen molar-refractivity contribution in [2.24, 2.45) is 5.90 Å². The van der Waals surface area contributed by atoms with Gasteiger partial charge in [-0.05, 0) is 37.4 Å². The van der Waals surface area contributed by atoms with Gasteiger partial charge in [-0.1, -0.05) is 69.2 Å². The molecule has 7 nitrogen and oxygen atoms in total. The molecule has 0 saturated heterocycles. The maximum absolute atomic E-state index is 11.3. The Labute approximate surface area is 204 Å². The third-order valence-electron chi connectivity index (χ3n) is 6.58. The SMILES string of the molecule is NOCCOC(=O)NCCCCCCCCCCCN1CC=C(c2c[nH]c3ccccc23)CC1.